The minimum Gasteiger partial charge on any atom is -0.382 e. The Labute approximate surface area is 115 Å². The van der Waals surface area contributed by atoms with Crippen LogP contribution in [0.2, 0.25) is 0 Å². The van der Waals surface area contributed by atoms with E-state index in [4.69, 9.17) is 10.00 Å². The first kappa shape index (κ1) is 15.5. The molecule has 1 aliphatic heterocycles. The lowest BCUT2D eigenvalue weighted by molar-refractivity contribution is -0.117. The molecule has 0 radical (unpaired) electrons. The Hall–Kier alpha value is -1.54. The number of amides is 1. The Kier molecular flexibility index (Phi) is 7.68. The number of ether oxygens (including phenoxy) is 1. The summed E-state index contributed by atoms with van der Waals surface area (Å²) in [5.41, 5.74) is 0.193. The highest BCUT2D eigenvalue weighted by molar-refractivity contribution is 5.97. The molecule has 1 N–H and O–H groups in total. The van der Waals surface area contributed by atoms with E-state index in [-0.39, 0.29) is 11.5 Å². The predicted octanol–water partition coefficient (Wildman–Crippen LogP) is 1.42. The summed E-state index contributed by atoms with van der Waals surface area (Å²) in [6.45, 7) is 5.66. The second kappa shape index (κ2) is 9.40. The van der Waals surface area contributed by atoms with Crippen LogP contribution >= 0.6 is 0 Å². The summed E-state index contributed by atoms with van der Waals surface area (Å²) in [7, 11) is 0. The Morgan fingerprint density at radius 3 is 2.79 bits per heavy atom. The van der Waals surface area contributed by atoms with Crippen LogP contribution in [0.1, 0.15) is 32.6 Å². The number of nitrogens with zero attached hydrogens (tertiary/aromatic N) is 2. The van der Waals surface area contributed by atoms with Gasteiger partial charge in [0.05, 0.1) is 0 Å². The summed E-state index contributed by atoms with van der Waals surface area (Å²) in [6, 6.07) is 1.98. The number of nitrogens with one attached hydrogen (secondary N) is 1. The Morgan fingerprint density at radius 1 is 1.42 bits per heavy atom. The van der Waals surface area contributed by atoms with Crippen molar-refractivity contribution in [2.45, 2.75) is 32.6 Å². The van der Waals surface area contributed by atoms with Crippen LogP contribution in [0.3, 0.4) is 0 Å². The summed E-state index contributed by atoms with van der Waals surface area (Å²) in [5.74, 6) is -0.287. The van der Waals surface area contributed by atoms with E-state index in [9.17, 15) is 4.79 Å². The zero-order valence-electron chi connectivity index (χ0n) is 11.7. The summed E-state index contributed by atoms with van der Waals surface area (Å²) < 4.78 is 5.18. The van der Waals surface area contributed by atoms with E-state index in [1.807, 2.05) is 13.0 Å². The largest absolute Gasteiger partial charge is 0.382 e. The average Bonchev–Trinajstić information content (AvgIpc) is 2.45. The summed E-state index contributed by atoms with van der Waals surface area (Å²) in [6.07, 6.45) is 5.95. The lowest BCUT2D eigenvalue weighted by Gasteiger charge is -2.25. The van der Waals surface area contributed by atoms with Crippen molar-refractivity contribution in [2.75, 3.05) is 32.8 Å². The SMILES string of the molecule is CCOCCCNC(=O)/C(C#N)=C\N1CCCCC1. The zero-order valence-corrected chi connectivity index (χ0v) is 11.7. The van der Waals surface area contributed by atoms with Crippen molar-refractivity contribution >= 4 is 5.91 Å². The maximum atomic E-state index is 11.8. The van der Waals surface area contributed by atoms with E-state index in [2.05, 4.69) is 10.2 Å². The molecule has 0 bridgehead atoms. The number of rotatable bonds is 7. The van der Waals surface area contributed by atoms with Crippen LogP contribution in [0, 0.1) is 11.3 Å². The maximum absolute atomic E-state index is 11.8. The highest BCUT2D eigenvalue weighted by Gasteiger charge is 2.12. The molecule has 0 aliphatic carbocycles. The summed E-state index contributed by atoms with van der Waals surface area (Å²) in [5, 5.41) is 11.8. The molecule has 0 atom stereocenters. The van der Waals surface area contributed by atoms with Crippen molar-refractivity contribution in [3.8, 4) is 6.07 Å². The predicted molar refractivity (Wildman–Crippen MR) is 73.2 cm³/mol. The summed E-state index contributed by atoms with van der Waals surface area (Å²) >= 11 is 0. The molecular formula is C14H23N3O2. The molecular weight excluding hydrogens is 242 g/mol. The third kappa shape index (κ3) is 6.25. The number of hydrogen-bond donors (Lipinski definition) is 1. The lowest BCUT2D eigenvalue weighted by Crippen LogP contribution is -2.30. The van der Waals surface area contributed by atoms with Crippen molar-refractivity contribution < 1.29 is 9.53 Å². The van der Waals surface area contributed by atoms with E-state index in [1.54, 1.807) is 6.20 Å². The van der Waals surface area contributed by atoms with E-state index in [0.29, 0.717) is 19.8 Å². The molecule has 1 heterocycles. The van der Waals surface area contributed by atoms with Gasteiger partial charge in [0, 0.05) is 39.0 Å². The van der Waals surface area contributed by atoms with E-state index in [0.717, 1.165) is 32.4 Å². The molecule has 0 aromatic carbocycles. The number of nitriles is 1. The highest BCUT2D eigenvalue weighted by Crippen LogP contribution is 2.10. The van der Waals surface area contributed by atoms with Gasteiger partial charge < -0.3 is 15.0 Å². The molecule has 1 aliphatic rings. The minimum absolute atomic E-state index is 0.193. The standard InChI is InChI=1S/C14H23N3O2/c1-2-19-10-6-7-16-14(18)13(11-15)12-17-8-4-3-5-9-17/h12H,2-10H2,1H3,(H,16,18)/b13-12-. The summed E-state index contributed by atoms with van der Waals surface area (Å²) in [4.78, 5) is 13.9. The average molecular weight is 265 g/mol. The van der Waals surface area contributed by atoms with Crippen LogP contribution in [0.4, 0.5) is 0 Å². The second-order valence-corrected chi connectivity index (χ2v) is 4.56. The number of likely N-dealkylation sites (tertiary alicyclic amines) is 1. The van der Waals surface area contributed by atoms with Crippen LogP contribution < -0.4 is 5.32 Å². The number of carbonyl (C=O) groups is 1. The van der Waals surface area contributed by atoms with Crippen LogP contribution in [0.5, 0.6) is 0 Å². The lowest BCUT2D eigenvalue weighted by atomic mass is 10.1. The van der Waals surface area contributed by atoms with Gasteiger partial charge >= 0.3 is 0 Å². The van der Waals surface area contributed by atoms with Crippen LogP contribution in [-0.2, 0) is 9.53 Å². The Balaban J connectivity index is 2.34. The second-order valence-electron chi connectivity index (χ2n) is 4.56. The molecule has 0 unspecified atom stereocenters. The van der Waals surface area contributed by atoms with Gasteiger partial charge in [0.2, 0.25) is 0 Å². The Bertz CT molecular complexity index is 341. The van der Waals surface area contributed by atoms with Crippen molar-refractivity contribution in [2.24, 2.45) is 0 Å². The van der Waals surface area contributed by atoms with Crippen molar-refractivity contribution in [1.82, 2.24) is 10.2 Å². The first-order chi connectivity index (χ1) is 9.27. The van der Waals surface area contributed by atoms with E-state index in [1.165, 1.54) is 6.42 Å². The smallest absolute Gasteiger partial charge is 0.263 e. The molecule has 19 heavy (non-hydrogen) atoms. The molecule has 1 fully saturated rings. The van der Waals surface area contributed by atoms with Gasteiger partial charge in [-0.25, -0.2) is 0 Å². The molecule has 1 saturated heterocycles. The van der Waals surface area contributed by atoms with Gasteiger partial charge in [0.1, 0.15) is 11.6 Å². The fourth-order valence-corrected chi connectivity index (χ4v) is 1.98. The number of hydrogen-bond acceptors (Lipinski definition) is 4. The van der Waals surface area contributed by atoms with Gasteiger partial charge in [-0.1, -0.05) is 0 Å². The molecule has 0 aromatic rings. The van der Waals surface area contributed by atoms with Crippen molar-refractivity contribution in [3.05, 3.63) is 11.8 Å². The Morgan fingerprint density at radius 2 is 2.16 bits per heavy atom. The topological polar surface area (TPSA) is 65.4 Å². The molecule has 5 heteroatoms. The highest BCUT2D eigenvalue weighted by atomic mass is 16.5. The zero-order chi connectivity index (χ0) is 13.9. The quantitative estimate of drug-likeness (QED) is 0.429. The molecule has 1 rings (SSSR count). The van der Waals surface area contributed by atoms with E-state index < -0.39 is 0 Å². The first-order valence-electron chi connectivity index (χ1n) is 7.00. The fourth-order valence-electron chi connectivity index (χ4n) is 1.98. The molecule has 0 spiro atoms. The molecule has 5 nitrogen and oxygen atoms in total. The van der Waals surface area contributed by atoms with Gasteiger partial charge in [-0.05, 0) is 32.6 Å². The fraction of sp³-hybridized carbons (Fsp3) is 0.714. The van der Waals surface area contributed by atoms with Gasteiger partial charge in [0.15, 0.2) is 0 Å². The third-order valence-corrected chi connectivity index (χ3v) is 3.02. The maximum Gasteiger partial charge on any atom is 0.263 e. The molecule has 106 valence electrons. The van der Waals surface area contributed by atoms with Gasteiger partial charge in [-0.15, -0.1) is 0 Å². The van der Waals surface area contributed by atoms with Gasteiger partial charge in [0.25, 0.3) is 5.91 Å². The van der Waals surface area contributed by atoms with Crippen molar-refractivity contribution in [3.63, 3.8) is 0 Å². The van der Waals surface area contributed by atoms with Crippen LogP contribution in [0.15, 0.2) is 11.8 Å². The molecule has 0 saturated carbocycles. The first-order valence-corrected chi connectivity index (χ1v) is 7.00. The molecule has 1 amide bonds. The van der Waals surface area contributed by atoms with E-state index >= 15 is 0 Å². The van der Waals surface area contributed by atoms with Crippen LogP contribution in [-0.4, -0.2) is 43.7 Å². The van der Waals surface area contributed by atoms with Crippen LogP contribution in [0.25, 0.3) is 0 Å². The molecule has 0 aromatic heterocycles. The van der Waals surface area contributed by atoms with Crippen molar-refractivity contribution in [1.29, 1.82) is 5.26 Å². The number of carbonyl (C=O) groups excluding carboxylic acids is 1. The third-order valence-electron chi connectivity index (χ3n) is 3.02. The monoisotopic (exact) mass is 265 g/mol. The van der Waals surface area contributed by atoms with Gasteiger partial charge in [-0.2, -0.15) is 5.26 Å². The minimum atomic E-state index is -0.287. The normalized spacial score (nSPS) is 16.0. The van der Waals surface area contributed by atoms with Gasteiger partial charge in [-0.3, -0.25) is 4.79 Å². The number of piperidine rings is 1.